The van der Waals surface area contributed by atoms with Gasteiger partial charge < -0.3 is 29.7 Å². The summed E-state index contributed by atoms with van der Waals surface area (Å²) in [6.45, 7) is 8.89. The number of hydrogen-bond acceptors (Lipinski definition) is 5. The molecule has 178 valence electrons. The number of rotatable bonds is 7. The molecule has 0 aromatic heterocycles. The maximum absolute atomic E-state index is 13.3. The third-order valence-corrected chi connectivity index (χ3v) is 5.50. The van der Waals surface area contributed by atoms with E-state index in [0.29, 0.717) is 53.4 Å². The molecule has 1 aliphatic rings. The molecule has 0 unspecified atom stereocenters. The van der Waals surface area contributed by atoms with E-state index in [1.54, 1.807) is 41.3 Å². The Hall–Kier alpha value is -3.42. The highest BCUT2D eigenvalue weighted by Crippen LogP contribution is 2.39. The number of ether oxygens (including phenoxy) is 3. The number of nitrogens with one attached hydrogen (secondary N) is 2. The Morgan fingerprint density at radius 3 is 2.58 bits per heavy atom. The number of anilines is 3. The Bertz CT molecular complexity index is 1020. The molecular weight excluding hydrogens is 422 g/mol. The van der Waals surface area contributed by atoms with Crippen LogP contribution < -0.4 is 29.7 Å². The summed E-state index contributed by atoms with van der Waals surface area (Å²) in [6, 6.07) is 10.1. The topological polar surface area (TPSA) is 89.1 Å². The summed E-state index contributed by atoms with van der Waals surface area (Å²) in [7, 11) is 3.05. The minimum atomic E-state index is -0.649. The molecule has 8 heteroatoms. The second-order valence-electron chi connectivity index (χ2n) is 9.11. The van der Waals surface area contributed by atoms with Crippen LogP contribution in [0.25, 0.3) is 0 Å². The monoisotopic (exact) mass is 455 g/mol. The van der Waals surface area contributed by atoms with Crippen LogP contribution in [0.1, 0.15) is 34.1 Å². The molecule has 0 radical (unpaired) electrons. The van der Waals surface area contributed by atoms with E-state index < -0.39 is 11.4 Å². The van der Waals surface area contributed by atoms with Gasteiger partial charge >= 0.3 is 6.03 Å². The van der Waals surface area contributed by atoms with Crippen molar-refractivity contribution in [3.05, 3.63) is 36.4 Å². The number of fused-ring (bicyclic) bond motifs is 1. The van der Waals surface area contributed by atoms with Crippen LogP contribution in [0.2, 0.25) is 0 Å². The average Bonchev–Trinajstić information content (AvgIpc) is 2.86. The molecule has 2 aromatic carbocycles. The highest BCUT2D eigenvalue weighted by molar-refractivity contribution is 6.03. The highest BCUT2D eigenvalue weighted by atomic mass is 16.5. The lowest BCUT2D eigenvalue weighted by molar-refractivity contribution is -0.127. The van der Waals surface area contributed by atoms with Gasteiger partial charge in [0.05, 0.1) is 31.0 Å². The summed E-state index contributed by atoms with van der Waals surface area (Å²) in [5, 5.41) is 5.61. The minimum Gasteiger partial charge on any atom is -0.493 e. The Morgan fingerprint density at radius 2 is 1.91 bits per heavy atom. The molecule has 0 spiro atoms. The molecule has 33 heavy (non-hydrogen) atoms. The van der Waals surface area contributed by atoms with E-state index in [4.69, 9.17) is 14.2 Å². The fraction of sp³-hybridized carbons (Fsp3) is 0.440. The third kappa shape index (κ3) is 5.50. The summed E-state index contributed by atoms with van der Waals surface area (Å²) in [5.74, 6) is 2.01. The second-order valence-corrected chi connectivity index (χ2v) is 9.11. The lowest BCUT2D eigenvalue weighted by Gasteiger charge is -2.28. The molecule has 0 saturated heterocycles. The minimum absolute atomic E-state index is 0.00428. The highest BCUT2D eigenvalue weighted by Gasteiger charge is 2.37. The average molecular weight is 456 g/mol. The zero-order chi connectivity index (χ0) is 24.2. The van der Waals surface area contributed by atoms with Crippen LogP contribution in [0.15, 0.2) is 36.4 Å². The summed E-state index contributed by atoms with van der Waals surface area (Å²) in [6.07, 6.45) is 0.856. The van der Waals surface area contributed by atoms with Gasteiger partial charge in [0, 0.05) is 12.2 Å². The lowest BCUT2D eigenvalue weighted by atomic mass is 9.92. The summed E-state index contributed by atoms with van der Waals surface area (Å²) in [5.41, 5.74) is 1.02. The van der Waals surface area contributed by atoms with Gasteiger partial charge in [0.1, 0.15) is 12.4 Å². The number of nitrogens with zero attached hydrogens (tertiary/aromatic N) is 1. The molecule has 2 aromatic rings. The molecule has 0 bridgehead atoms. The summed E-state index contributed by atoms with van der Waals surface area (Å²) >= 11 is 0. The number of hydrogen-bond donors (Lipinski definition) is 2. The fourth-order valence-electron chi connectivity index (χ4n) is 3.60. The van der Waals surface area contributed by atoms with E-state index in [2.05, 4.69) is 24.5 Å². The summed E-state index contributed by atoms with van der Waals surface area (Å²) < 4.78 is 16.6. The smallest absolute Gasteiger partial charge is 0.323 e. The lowest BCUT2D eigenvalue weighted by Crippen LogP contribution is -2.42. The van der Waals surface area contributed by atoms with Crippen molar-refractivity contribution >= 4 is 29.0 Å². The number of urea groups is 1. The first-order valence-corrected chi connectivity index (χ1v) is 11.0. The fourth-order valence-corrected chi connectivity index (χ4v) is 3.60. The largest absolute Gasteiger partial charge is 0.493 e. The molecule has 8 nitrogen and oxygen atoms in total. The van der Waals surface area contributed by atoms with Crippen molar-refractivity contribution in [1.82, 2.24) is 0 Å². The van der Waals surface area contributed by atoms with Gasteiger partial charge in [-0.1, -0.05) is 19.9 Å². The SMILES string of the molecule is COc1cccc(NC(=O)Nc2ccc3c(c2)N(CCC(C)C)C(=O)C(C)(C)CO3)c1OC. The molecule has 3 amide bonds. The zero-order valence-corrected chi connectivity index (χ0v) is 20.2. The van der Waals surface area contributed by atoms with Gasteiger partial charge in [-0.15, -0.1) is 0 Å². The van der Waals surface area contributed by atoms with E-state index >= 15 is 0 Å². The first kappa shape index (κ1) is 24.2. The van der Waals surface area contributed by atoms with E-state index in [0.717, 1.165) is 6.42 Å². The van der Waals surface area contributed by atoms with Gasteiger partial charge in [-0.2, -0.15) is 0 Å². The van der Waals surface area contributed by atoms with E-state index in [9.17, 15) is 9.59 Å². The molecule has 3 rings (SSSR count). The number of amides is 3. The van der Waals surface area contributed by atoms with Crippen LogP contribution in [-0.4, -0.2) is 39.3 Å². The van der Waals surface area contributed by atoms with Crippen LogP contribution in [-0.2, 0) is 4.79 Å². The Morgan fingerprint density at radius 1 is 1.15 bits per heavy atom. The van der Waals surface area contributed by atoms with Crippen molar-refractivity contribution < 1.29 is 23.8 Å². The van der Waals surface area contributed by atoms with Gasteiger partial charge in [-0.25, -0.2) is 4.79 Å². The zero-order valence-electron chi connectivity index (χ0n) is 20.2. The molecule has 2 N–H and O–H groups in total. The van der Waals surface area contributed by atoms with Crippen molar-refractivity contribution in [2.75, 3.05) is 42.9 Å². The van der Waals surface area contributed by atoms with Crippen molar-refractivity contribution in [3.8, 4) is 17.2 Å². The number of carbonyl (C=O) groups is 2. The molecule has 0 fully saturated rings. The Kier molecular flexibility index (Phi) is 7.36. The van der Waals surface area contributed by atoms with Gasteiger partial charge in [-0.3, -0.25) is 4.79 Å². The Balaban J connectivity index is 1.85. The number of benzene rings is 2. The van der Waals surface area contributed by atoms with Gasteiger partial charge in [0.25, 0.3) is 0 Å². The van der Waals surface area contributed by atoms with Gasteiger partial charge in [0.15, 0.2) is 11.5 Å². The van der Waals surface area contributed by atoms with Crippen LogP contribution in [0.3, 0.4) is 0 Å². The normalized spacial score (nSPS) is 14.8. The first-order chi connectivity index (χ1) is 15.7. The first-order valence-electron chi connectivity index (χ1n) is 11.0. The molecule has 0 saturated carbocycles. The van der Waals surface area contributed by atoms with Crippen molar-refractivity contribution in [3.63, 3.8) is 0 Å². The predicted molar refractivity (Wildman–Crippen MR) is 130 cm³/mol. The quantitative estimate of drug-likeness (QED) is 0.603. The molecule has 0 atom stereocenters. The van der Waals surface area contributed by atoms with Gasteiger partial charge in [0.2, 0.25) is 5.91 Å². The molecule has 1 heterocycles. The third-order valence-electron chi connectivity index (χ3n) is 5.50. The second kappa shape index (κ2) is 10.0. The van der Waals surface area contributed by atoms with Crippen molar-refractivity contribution in [2.45, 2.75) is 34.1 Å². The number of para-hydroxylation sites is 1. The van der Waals surface area contributed by atoms with Crippen LogP contribution in [0.5, 0.6) is 17.2 Å². The van der Waals surface area contributed by atoms with E-state index in [-0.39, 0.29) is 5.91 Å². The number of carbonyl (C=O) groups excluding carboxylic acids is 2. The Labute approximate surface area is 195 Å². The van der Waals surface area contributed by atoms with Gasteiger partial charge in [-0.05, 0) is 56.5 Å². The maximum Gasteiger partial charge on any atom is 0.323 e. The molecule has 0 aliphatic carbocycles. The van der Waals surface area contributed by atoms with Crippen LogP contribution >= 0.6 is 0 Å². The molecule has 1 aliphatic heterocycles. The van der Waals surface area contributed by atoms with E-state index in [1.807, 2.05) is 13.8 Å². The standard InChI is InChI=1S/C25H33N3O5/c1-16(2)12-13-28-19-14-17(10-11-20(19)33-15-25(3,4)23(28)29)26-24(30)27-18-8-7-9-21(31-5)22(18)32-6/h7-11,14,16H,12-13,15H2,1-6H3,(H2,26,27,30). The van der Waals surface area contributed by atoms with E-state index in [1.165, 1.54) is 14.2 Å². The summed E-state index contributed by atoms with van der Waals surface area (Å²) in [4.78, 5) is 27.8. The maximum atomic E-state index is 13.3. The van der Waals surface area contributed by atoms with Crippen LogP contribution in [0.4, 0.5) is 21.9 Å². The number of methoxy groups -OCH3 is 2. The predicted octanol–water partition coefficient (Wildman–Crippen LogP) is 5.15. The van der Waals surface area contributed by atoms with Crippen molar-refractivity contribution in [1.29, 1.82) is 0 Å². The van der Waals surface area contributed by atoms with Crippen LogP contribution in [0, 0.1) is 11.3 Å². The van der Waals surface area contributed by atoms with Crippen molar-refractivity contribution in [2.24, 2.45) is 11.3 Å². The molecular formula is C25H33N3O5.